The van der Waals surface area contributed by atoms with E-state index in [2.05, 4.69) is 0 Å². The normalized spacial score (nSPS) is 25.1. The molecule has 20 heavy (non-hydrogen) atoms. The molecule has 1 atom stereocenters. The average molecular weight is 313 g/mol. The van der Waals surface area contributed by atoms with Gasteiger partial charge in [-0.3, -0.25) is 4.79 Å². The summed E-state index contributed by atoms with van der Waals surface area (Å²) in [6.07, 6.45) is 7.05. The molecule has 1 aromatic rings. The fraction of sp³-hybridized carbons (Fsp3) is 0.562. The van der Waals surface area contributed by atoms with E-state index in [-0.39, 0.29) is 11.5 Å². The number of rotatable bonds is 2. The first-order chi connectivity index (χ1) is 9.62. The molecule has 3 rings (SSSR count). The van der Waals surface area contributed by atoms with E-state index in [4.69, 9.17) is 27.9 Å². The van der Waals surface area contributed by atoms with Gasteiger partial charge in [0.15, 0.2) is 0 Å². The number of benzene rings is 1. The van der Waals surface area contributed by atoms with Crippen LogP contribution in [0.4, 0.5) is 0 Å². The minimum atomic E-state index is -0.262. The van der Waals surface area contributed by atoms with Crippen molar-refractivity contribution in [2.45, 2.75) is 51.0 Å². The van der Waals surface area contributed by atoms with Gasteiger partial charge in [0.2, 0.25) is 0 Å². The van der Waals surface area contributed by atoms with Crippen molar-refractivity contribution in [3.05, 3.63) is 28.2 Å². The first kappa shape index (κ1) is 14.2. The second-order valence-corrected chi connectivity index (χ2v) is 6.72. The van der Waals surface area contributed by atoms with Crippen LogP contribution in [-0.2, 0) is 4.79 Å². The van der Waals surface area contributed by atoms with Crippen molar-refractivity contribution in [2.24, 2.45) is 5.41 Å². The molecule has 0 N–H and O–H groups in total. The zero-order chi connectivity index (χ0) is 14.2. The van der Waals surface area contributed by atoms with Gasteiger partial charge < -0.3 is 4.74 Å². The highest BCUT2D eigenvalue weighted by Crippen LogP contribution is 2.50. The molecule has 2 saturated carbocycles. The van der Waals surface area contributed by atoms with Crippen LogP contribution in [0.3, 0.4) is 0 Å². The standard InChI is InChI=1S/C16H18Cl2O2/c17-11-5-6-12(18)13(9-11)20-15-10-14(19)16(15)7-3-1-2-4-8-16/h5-6,9,15H,1-4,7-8,10H2. The highest BCUT2D eigenvalue weighted by atomic mass is 35.5. The van der Waals surface area contributed by atoms with E-state index in [1.54, 1.807) is 18.2 Å². The average Bonchev–Trinajstić information content (AvgIpc) is 2.70. The Morgan fingerprint density at radius 2 is 1.80 bits per heavy atom. The van der Waals surface area contributed by atoms with Crippen molar-refractivity contribution in [2.75, 3.05) is 0 Å². The molecule has 2 aliphatic rings. The molecule has 0 aromatic heterocycles. The lowest BCUT2D eigenvalue weighted by Crippen LogP contribution is -2.56. The molecule has 0 amide bonds. The van der Waals surface area contributed by atoms with Gasteiger partial charge in [0.05, 0.1) is 10.4 Å². The number of Topliss-reactive ketones (excluding diaryl/α,β-unsaturated/α-hetero) is 1. The molecule has 1 aromatic carbocycles. The maximum atomic E-state index is 12.2. The van der Waals surface area contributed by atoms with Crippen LogP contribution < -0.4 is 4.74 Å². The summed E-state index contributed by atoms with van der Waals surface area (Å²) in [6, 6.07) is 5.21. The Morgan fingerprint density at radius 1 is 1.10 bits per heavy atom. The maximum Gasteiger partial charge on any atom is 0.146 e. The number of hydrogen-bond donors (Lipinski definition) is 0. The summed E-state index contributed by atoms with van der Waals surface area (Å²) in [5.41, 5.74) is -0.262. The van der Waals surface area contributed by atoms with Crippen molar-refractivity contribution >= 4 is 29.0 Å². The third kappa shape index (κ3) is 2.44. The van der Waals surface area contributed by atoms with Crippen molar-refractivity contribution < 1.29 is 9.53 Å². The summed E-state index contributed by atoms with van der Waals surface area (Å²) >= 11 is 12.1. The number of carbonyl (C=O) groups is 1. The molecule has 4 heteroatoms. The summed E-state index contributed by atoms with van der Waals surface area (Å²) in [5, 5.41) is 1.16. The van der Waals surface area contributed by atoms with E-state index in [9.17, 15) is 4.79 Å². The Kier molecular flexibility index (Phi) is 3.96. The topological polar surface area (TPSA) is 26.3 Å². The van der Waals surface area contributed by atoms with Crippen molar-refractivity contribution in [1.82, 2.24) is 0 Å². The zero-order valence-electron chi connectivity index (χ0n) is 11.3. The Labute approximate surface area is 129 Å². The number of carbonyl (C=O) groups excluding carboxylic acids is 1. The molecule has 0 aliphatic heterocycles. The molecular formula is C16H18Cl2O2. The summed E-state index contributed by atoms with van der Waals surface area (Å²) in [6.45, 7) is 0. The fourth-order valence-corrected chi connectivity index (χ4v) is 3.78. The van der Waals surface area contributed by atoms with Gasteiger partial charge in [-0.2, -0.15) is 0 Å². The first-order valence-corrected chi connectivity index (χ1v) is 8.02. The predicted octanol–water partition coefficient (Wildman–Crippen LogP) is 5.05. The number of ether oxygens (including phenoxy) is 1. The summed E-state index contributed by atoms with van der Waals surface area (Å²) in [5.74, 6) is 0.961. The van der Waals surface area contributed by atoms with Crippen LogP contribution in [0.25, 0.3) is 0 Å². The van der Waals surface area contributed by atoms with E-state index < -0.39 is 0 Å². The van der Waals surface area contributed by atoms with Crippen LogP contribution >= 0.6 is 23.2 Å². The maximum absolute atomic E-state index is 12.2. The second kappa shape index (κ2) is 5.57. The summed E-state index contributed by atoms with van der Waals surface area (Å²) in [7, 11) is 0. The molecule has 2 nitrogen and oxygen atoms in total. The molecule has 0 bridgehead atoms. The zero-order valence-corrected chi connectivity index (χ0v) is 12.8. The van der Waals surface area contributed by atoms with Crippen LogP contribution in [0.2, 0.25) is 10.0 Å². The van der Waals surface area contributed by atoms with Crippen LogP contribution in [0.1, 0.15) is 44.9 Å². The molecule has 2 fully saturated rings. The Morgan fingerprint density at radius 3 is 2.45 bits per heavy atom. The molecule has 1 spiro atoms. The van der Waals surface area contributed by atoms with Crippen molar-refractivity contribution in [3.63, 3.8) is 0 Å². The largest absolute Gasteiger partial charge is 0.487 e. The molecule has 1 unspecified atom stereocenters. The monoisotopic (exact) mass is 312 g/mol. The van der Waals surface area contributed by atoms with Crippen LogP contribution in [0.5, 0.6) is 5.75 Å². The van der Waals surface area contributed by atoms with Gasteiger partial charge in [-0.1, -0.05) is 48.9 Å². The molecule has 0 radical (unpaired) electrons. The van der Waals surface area contributed by atoms with Crippen molar-refractivity contribution in [3.8, 4) is 5.75 Å². The van der Waals surface area contributed by atoms with Gasteiger partial charge >= 0.3 is 0 Å². The van der Waals surface area contributed by atoms with Gasteiger partial charge in [0.1, 0.15) is 17.6 Å². The fourth-order valence-electron chi connectivity index (χ4n) is 3.45. The lowest BCUT2D eigenvalue weighted by Gasteiger charge is -2.47. The van der Waals surface area contributed by atoms with Crippen LogP contribution in [-0.4, -0.2) is 11.9 Å². The summed E-state index contributed by atoms with van der Waals surface area (Å²) in [4.78, 5) is 12.2. The minimum absolute atomic E-state index is 0.0379. The second-order valence-electron chi connectivity index (χ2n) is 5.88. The molecule has 2 aliphatic carbocycles. The molecule has 108 valence electrons. The van der Waals surface area contributed by atoms with E-state index >= 15 is 0 Å². The molecular weight excluding hydrogens is 295 g/mol. The third-order valence-corrected chi connectivity index (χ3v) is 5.25. The minimum Gasteiger partial charge on any atom is -0.487 e. The number of hydrogen-bond acceptors (Lipinski definition) is 2. The summed E-state index contributed by atoms with van der Waals surface area (Å²) < 4.78 is 6.04. The lowest BCUT2D eigenvalue weighted by atomic mass is 9.60. The van der Waals surface area contributed by atoms with Gasteiger partial charge in [-0.05, 0) is 25.0 Å². The highest BCUT2D eigenvalue weighted by Gasteiger charge is 2.55. The predicted molar refractivity (Wildman–Crippen MR) is 80.6 cm³/mol. The lowest BCUT2D eigenvalue weighted by molar-refractivity contribution is -0.154. The molecule has 0 heterocycles. The third-order valence-electron chi connectivity index (χ3n) is 4.70. The SMILES string of the molecule is O=C1CC(Oc2cc(Cl)ccc2Cl)C12CCCCCC2. The van der Waals surface area contributed by atoms with E-state index in [1.165, 1.54) is 12.8 Å². The smallest absolute Gasteiger partial charge is 0.146 e. The quantitative estimate of drug-likeness (QED) is 0.763. The first-order valence-electron chi connectivity index (χ1n) is 7.27. The number of halogens is 2. The van der Waals surface area contributed by atoms with E-state index in [1.807, 2.05) is 0 Å². The number of ketones is 1. The van der Waals surface area contributed by atoms with E-state index in [0.29, 0.717) is 28.0 Å². The van der Waals surface area contributed by atoms with Crippen molar-refractivity contribution in [1.29, 1.82) is 0 Å². The van der Waals surface area contributed by atoms with Crippen LogP contribution in [0.15, 0.2) is 18.2 Å². The van der Waals surface area contributed by atoms with Gasteiger partial charge in [-0.15, -0.1) is 0 Å². The Balaban J connectivity index is 1.80. The van der Waals surface area contributed by atoms with Gasteiger partial charge in [0.25, 0.3) is 0 Å². The molecule has 0 saturated heterocycles. The van der Waals surface area contributed by atoms with Gasteiger partial charge in [0, 0.05) is 17.5 Å². The Hall–Kier alpha value is -0.730. The highest BCUT2D eigenvalue weighted by molar-refractivity contribution is 6.34. The van der Waals surface area contributed by atoms with E-state index in [0.717, 1.165) is 25.7 Å². The van der Waals surface area contributed by atoms with Gasteiger partial charge in [-0.25, -0.2) is 0 Å². The Bertz CT molecular complexity index is 519. The van der Waals surface area contributed by atoms with Crippen LogP contribution in [0, 0.1) is 5.41 Å².